The van der Waals surface area contributed by atoms with E-state index in [1.165, 1.54) is 5.69 Å². The predicted octanol–water partition coefficient (Wildman–Crippen LogP) is 3.32. The zero-order chi connectivity index (χ0) is 10.2. The zero-order valence-corrected chi connectivity index (χ0v) is 10.5. The van der Waals surface area contributed by atoms with Crippen LogP contribution < -0.4 is 4.90 Å². The molecule has 15 heavy (non-hydrogen) atoms. The van der Waals surface area contributed by atoms with Crippen molar-refractivity contribution in [3.8, 4) is 0 Å². The van der Waals surface area contributed by atoms with Crippen LogP contribution in [0.5, 0.6) is 0 Å². The molecular weight excluding hydrogens is 228 g/mol. The molecule has 0 fully saturated rings. The number of hydrogen-bond donors (Lipinski definition) is 0. The Balaban J connectivity index is 0.000000280. The number of anilines is 1. The van der Waals surface area contributed by atoms with Crippen LogP contribution in [-0.4, -0.2) is 19.1 Å². The maximum Gasteiger partial charge on any atom is 0.0791 e. The van der Waals surface area contributed by atoms with E-state index in [0.29, 0.717) is 0 Å². The second kappa shape index (κ2) is 8.26. The van der Waals surface area contributed by atoms with Crippen molar-refractivity contribution in [2.24, 2.45) is 0 Å². The standard InChI is InChI=1S/C8H11N.C3H3NS.ClH/c1-9(2)8-6-4-3-5-7-8;1-2-5-3-4-1;/h3-7H,1-2H3;1-3H;1H. The van der Waals surface area contributed by atoms with Gasteiger partial charge in [0.05, 0.1) is 5.51 Å². The molecule has 1 heterocycles. The number of nitrogens with zero attached hydrogens (tertiary/aromatic N) is 2. The fourth-order valence-corrected chi connectivity index (χ4v) is 1.25. The van der Waals surface area contributed by atoms with Crippen LogP contribution in [0.25, 0.3) is 0 Å². The molecule has 2 nitrogen and oxygen atoms in total. The molecular formula is C11H15ClN2S. The van der Waals surface area contributed by atoms with Gasteiger partial charge in [-0.1, -0.05) is 18.2 Å². The summed E-state index contributed by atoms with van der Waals surface area (Å²) in [4.78, 5) is 5.82. The van der Waals surface area contributed by atoms with Gasteiger partial charge in [-0.15, -0.1) is 23.7 Å². The molecule has 0 radical (unpaired) electrons. The SMILES string of the molecule is CN(C)c1ccccc1.Cl.c1cscn1. The van der Waals surface area contributed by atoms with Crippen LogP contribution in [0.4, 0.5) is 5.69 Å². The van der Waals surface area contributed by atoms with Gasteiger partial charge in [0.15, 0.2) is 0 Å². The lowest BCUT2D eigenvalue weighted by Crippen LogP contribution is -2.07. The number of thiazole rings is 1. The number of rotatable bonds is 1. The summed E-state index contributed by atoms with van der Waals surface area (Å²) >= 11 is 1.60. The molecule has 0 saturated carbocycles. The van der Waals surface area contributed by atoms with Crippen molar-refractivity contribution < 1.29 is 0 Å². The second-order valence-electron chi connectivity index (χ2n) is 2.91. The summed E-state index contributed by atoms with van der Waals surface area (Å²) in [6.07, 6.45) is 1.77. The molecule has 0 unspecified atom stereocenters. The summed E-state index contributed by atoms with van der Waals surface area (Å²) in [5.74, 6) is 0. The van der Waals surface area contributed by atoms with Crippen LogP contribution in [-0.2, 0) is 0 Å². The van der Waals surface area contributed by atoms with E-state index >= 15 is 0 Å². The van der Waals surface area contributed by atoms with E-state index in [1.807, 2.05) is 37.7 Å². The summed E-state index contributed by atoms with van der Waals surface area (Å²) in [6.45, 7) is 0. The molecule has 0 bridgehead atoms. The molecule has 0 N–H and O–H groups in total. The molecule has 2 aromatic rings. The van der Waals surface area contributed by atoms with Gasteiger partial charge in [-0.3, -0.25) is 4.98 Å². The highest BCUT2D eigenvalue weighted by Crippen LogP contribution is 2.07. The summed E-state index contributed by atoms with van der Waals surface area (Å²) in [6, 6.07) is 10.3. The van der Waals surface area contributed by atoms with E-state index in [1.54, 1.807) is 23.0 Å². The Kier molecular flexibility index (Phi) is 7.68. The minimum Gasteiger partial charge on any atom is -0.378 e. The number of halogens is 1. The van der Waals surface area contributed by atoms with Crippen molar-refractivity contribution >= 4 is 29.4 Å². The van der Waals surface area contributed by atoms with Gasteiger partial charge in [0, 0.05) is 31.4 Å². The molecule has 0 amide bonds. The molecule has 4 heteroatoms. The molecule has 1 aromatic carbocycles. The Morgan fingerprint density at radius 1 is 1.13 bits per heavy atom. The number of hydrogen-bond acceptors (Lipinski definition) is 3. The molecule has 0 aliphatic heterocycles. The minimum absolute atomic E-state index is 0. The summed E-state index contributed by atoms with van der Waals surface area (Å²) in [5, 5.41) is 1.93. The lowest BCUT2D eigenvalue weighted by Gasteiger charge is -2.10. The monoisotopic (exact) mass is 242 g/mol. The summed E-state index contributed by atoms with van der Waals surface area (Å²) < 4.78 is 0. The van der Waals surface area contributed by atoms with Gasteiger partial charge in [0.1, 0.15) is 0 Å². The largest absolute Gasteiger partial charge is 0.378 e. The van der Waals surface area contributed by atoms with Crippen LogP contribution >= 0.6 is 23.7 Å². The molecule has 2 rings (SSSR count). The van der Waals surface area contributed by atoms with Gasteiger partial charge in [-0.05, 0) is 12.1 Å². The first-order chi connectivity index (χ1) is 6.80. The van der Waals surface area contributed by atoms with Gasteiger partial charge >= 0.3 is 0 Å². The highest BCUT2D eigenvalue weighted by molar-refractivity contribution is 7.07. The number of para-hydroxylation sites is 1. The van der Waals surface area contributed by atoms with Crippen molar-refractivity contribution in [3.63, 3.8) is 0 Å². The van der Waals surface area contributed by atoms with Gasteiger partial charge in [0.25, 0.3) is 0 Å². The Hall–Kier alpha value is -1.06. The lowest BCUT2D eigenvalue weighted by atomic mass is 10.3. The summed E-state index contributed by atoms with van der Waals surface area (Å²) in [7, 11) is 4.07. The third kappa shape index (κ3) is 6.10. The van der Waals surface area contributed by atoms with E-state index in [9.17, 15) is 0 Å². The first-order valence-corrected chi connectivity index (χ1v) is 5.29. The van der Waals surface area contributed by atoms with Crippen LogP contribution in [0.1, 0.15) is 0 Å². The smallest absolute Gasteiger partial charge is 0.0791 e. The van der Waals surface area contributed by atoms with Crippen LogP contribution in [0.3, 0.4) is 0 Å². The molecule has 0 aliphatic carbocycles. The molecule has 1 aromatic heterocycles. The second-order valence-corrected chi connectivity index (χ2v) is 3.66. The Morgan fingerprint density at radius 2 is 1.80 bits per heavy atom. The minimum atomic E-state index is 0. The Morgan fingerprint density at radius 3 is 2.07 bits per heavy atom. The van der Waals surface area contributed by atoms with Crippen molar-refractivity contribution in [2.45, 2.75) is 0 Å². The van der Waals surface area contributed by atoms with E-state index < -0.39 is 0 Å². The lowest BCUT2D eigenvalue weighted by molar-refractivity contribution is 1.13. The zero-order valence-electron chi connectivity index (χ0n) is 8.83. The van der Waals surface area contributed by atoms with Gasteiger partial charge in [0.2, 0.25) is 0 Å². The molecule has 0 saturated heterocycles. The Bertz CT molecular complexity index is 304. The van der Waals surface area contributed by atoms with E-state index in [-0.39, 0.29) is 12.4 Å². The van der Waals surface area contributed by atoms with Crippen LogP contribution in [0.2, 0.25) is 0 Å². The first-order valence-electron chi connectivity index (χ1n) is 4.35. The first kappa shape index (κ1) is 13.9. The maximum absolute atomic E-state index is 3.74. The molecule has 0 spiro atoms. The summed E-state index contributed by atoms with van der Waals surface area (Å²) in [5.41, 5.74) is 3.04. The van der Waals surface area contributed by atoms with Gasteiger partial charge in [-0.25, -0.2) is 0 Å². The molecule has 82 valence electrons. The number of benzene rings is 1. The van der Waals surface area contributed by atoms with E-state index in [0.717, 1.165) is 0 Å². The van der Waals surface area contributed by atoms with E-state index in [2.05, 4.69) is 22.0 Å². The number of aromatic nitrogens is 1. The van der Waals surface area contributed by atoms with Crippen molar-refractivity contribution in [3.05, 3.63) is 47.4 Å². The van der Waals surface area contributed by atoms with Gasteiger partial charge < -0.3 is 4.90 Å². The third-order valence-corrected chi connectivity index (χ3v) is 2.14. The molecule has 0 atom stereocenters. The fraction of sp³-hybridized carbons (Fsp3) is 0.182. The maximum atomic E-state index is 3.74. The highest BCUT2D eigenvalue weighted by atomic mass is 35.5. The van der Waals surface area contributed by atoms with Crippen molar-refractivity contribution in [2.75, 3.05) is 19.0 Å². The van der Waals surface area contributed by atoms with Crippen LogP contribution in [0.15, 0.2) is 47.4 Å². The quantitative estimate of drug-likeness (QED) is 0.763. The van der Waals surface area contributed by atoms with Crippen LogP contribution in [0, 0.1) is 0 Å². The highest BCUT2D eigenvalue weighted by Gasteiger charge is 1.87. The van der Waals surface area contributed by atoms with Crippen molar-refractivity contribution in [1.29, 1.82) is 0 Å². The Labute approximate surface area is 101 Å². The fourth-order valence-electron chi connectivity index (χ4n) is 0.902. The molecule has 0 aliphatic rings. The predicted molar refractivity (Wildman–Crippen MR) is 70.1 cm³/mol. The average molecular weight is 243 g/mol. The third-order valence-electron chi connectivity index (χ3n) is 1.62. The average Bonchev–Trinajstić information content (AvgIpc) is 2.77. The van der Waals surface area contributed by atoms with Crippen molar-refractivity contribution in [1.82, 2.24) is 4.98 Å². The normalized spacial score (nSPS) is 8.13. The van der Waals surface area contributed by atoms with E-state index in [4.69, 9.17) is 0 Å². The topological polar surface area (TPSA) is 16.1 Å². The van der Waals surface area contributed by atoms with Gasteiger partial charge in [-0.2, -0.15) is 0 Å².